The fraction of sp³-hybridized carbons (Fsp3) is 0.133. The first-order chi connectivity index (χ1) is 9.67. The number of benzene rings is 2. The zero-order valence-corrected chi connectivity index (χ0v) is 12.6. The van der Waals surface area contributed by atoms with Crippen molar-refractivity contribution in [1.82, 2.24) is 9.97 Å². The molecule has 1 heterocycles. The highest BCUT2D eigenvalue weighted by Crippen LogP contribution is 2.30. The first-order valence-electron chi connectivity index (χ1n) is 6.35. The van der Waals surface area contributed by atoms with Crippen LogP contribution in [0.4, 0.5) is 5.69 Å². The minimum absolute atomic E-state index is 0.641. The first-order valence-corrected chi connectivity index (χ1v) is 7.14. The molecule has 0 bridgehead atoms. The van der Waals surface area contributed by atoms with Crippen LogP contribution in [0.1, 0.15) is 6.92 Å². The van der Waals surface area contributed by atoms with Gasteiger partial charge in [-0.25, -0.2) is 4.98 Å². The van der Waals surface area contributed by atoms with Crippen LogP contribution in [0.2, 0.25) is 0 Å². The van der Waals surface area contributed by atoms with Crippen molar-refractivity contribution < 1.29 is 4.74 Å². The van der Waals surface area contributed by atoms with Crippen LogP contribution >= 0.6 is 15.9 Å². The van der Waals surface area contributed by atoms with E-state index in [1.807, 2.05) is 43.3 Å². The van der Waals surface area contributed by atoms with Gasteiger partial charge in [-0.3, -0.25) is 0 Å². The van der Waals surface area contributed by atoms with Gasteiger partial charge in [-0.1, -0.05) is 0 Å². The molecule has 2 aromatic carbocycles. The average Bonchev–Trinajstić information content (AvgIpc) is 2.84. The van der Waals surface area contributed by atoms with Crippen LogP contribution in [-0.4, -0.2) is 16.6 Å². The molecule has 3 rings (SSSR count). The van der Waals surface area contributed by atoms with E-state index in [1.165, 1.54) is 0 Å². The Bertz CT molecular complexity index is 767. The zero-order chi connectivity index (χ0) is 14.1. The molecule has 5 heteroatoms. The number of hydrogen-bond acceptors (Lipinski definition) is 3. The molecule has 1 aromatic heterocycles. The van der Waals surface area contributed by atoms with E-state index < -0.39 is 0 Å². The second-order valence-corrected chi connectivity index (χ2v) is 5.29. The number of H-pyrrole nitrogens is 1. The molecule has 0 saturated heterocycles. The van der Waals surface area contributed by atoms with Gasteiger partial charge in [0.1, 0.15) is 11.6 Å². The van der Waals surface area contributed by atoms with Gasteiger partial charge < -0.3 is 15.5 Å². The highest BCUT2D eigenvalue weighted by Gasteiger charge is 2.08. The quantitative estimate of drug-likeness (QED) is 0.713. The number of imidazole rings is 1. The summed E-state index contributed by atoms with van der Waals surface area (Å²) < 4.78 is 6.42. The highest BCUT2D eigenvalue weighted by molar-refractivity contribution is 9.10. The van der Waals surface area contributed by atoms with Crippen molar-refractivity contribution in [1.29, 1.82) is 0 Å². The number of nitrogens with zero attached hydrogens (tertiary/aromatic N) is 1. The summed E-state index contributed by atoms with van der Waals surface area (Å²) in [4.78, 5) is 7.85. The normalized spacial score (nSPS) is 10.9. The summed E-state index contributed by atoms with van der Waals surface area (Å²) in [5.74, 6) is 1.64. The molecule has 0 saturated carbocycles. The first kappa shape index (κ1) is 13.0. The number of nitrogens with two attached hydrogens (primary N) is 1. The predicted molar refractivity (Wildman–Crippen MR) is 84.8 cm³/mol. The standard InChI is InChI=1S/C15H14BrN3O/c1-2-20-14-6-3-9(7-11(14)16)15-18-12-5-4-10(17)8-13(12)19-15/h3-8H,2,17H2,1H3,(H,18,19). The Balaban J connectivity index is 2.04. The molecule has 0 aliphatic heterocycles. The molecular formula is C15H14BrN3O. The Morgan fingerprint density at radius 1 is 1.25 bits per heavy atom. The molecule has 0 aliphatic rings. The van der Waals surface area contributed by atoms with Gasteiger partial charge in [0.25, 0.3) is 0 Å². The summed E-state index contributed by atoms with van der Waals surface area (Å²) in [5, 5.41) is 0. The Kier molecular flexibility index (Phi) is 3.36. The van der Waals surface area contributed by atoms with E-state index in [2.05, 4.69) is 25.9 Å². The summed E-state index contributed by atoms with van der Waals surface area (Å²) in [5.41, 5.74) is 9.33. The van der Waals surface area contributed by atoms with Crippen LogP contribution in [0.15, 0.2) is 40.9 Å². The van der Waals surface area contributed by atoms with Crippen molar-refractivity contribution in [2.75, 3.05) is 12.3 Å². The van der Waals surface area contributed by atoms with E-state index in [4.69, 9.17) is 10.5 Å². The van der Waals surface area contributed by atoms with E-state index in [9.17, 15) is 0 Å². The monoisotopic (exact) mass is 331 g/mol. The SMILES string of the molecule is CCOc1ccc(-c2nc3ccc(N)cc3[nH]2)cc1Br. The second kappa shape index (κ2) is 5.17. The maximum absolute atomic E-state index is 5.78. The lowest BCUT2D eigenvalue weighted by Gasteiger charge is -2.06. The molecule has 0 amide bonds. The number of hydrogen-bond donors (Lipinski definition) is 2. The molecule has 0 fully saturated rings. The van der Waals surface area contributed by atoms with Gasteiger partial charge in [0.05, 0.1) is 22.1 Å². The third-order valence-corrected chi connectivity index (χ3v) is 3.63. The van der Waals surface area contributed by atoms with Crippen LogP contribution in [0.3, 0.4) is 0 Å². The van der Waals surface area contributed by atoms with Gasteiger partial charge >= 0.3 is 0 Å². The Morgan fingerprint density at radius 2 is 2.10 bits per heavy atom. The van der Waals surface area contributed by atoms with Crippen LogP contribution in [0, 0.1) is 0 Å². The number of nitrogen functional groups attached to an aromatic ring is 1. The number of fused-ring (bicyclic) bond motifs is 1. The van der Waals surface area contributed by atoms with Crippen molar-refractivity contribution in [3.8, 4) is 17.1 Å². The lowest BCUT2D eigenvalue weighted by molar-refractivity contribution is 0.338. The van der Waals surface area contributed by atoms with E-state index in [0.717, 1.165) is 38.3 Å². The molecule has 0 radical (unpaired) electrons. The molecule has 0 atom stereocenters. The van der Waals surface area contributed by atoms with Crippen molar-refractivity contribution >= 4 is 32.7 Å². The molecular weight excluding hydrogens is 318 g/mol. The number of nitrogens with one attached hydrogen (secondary N) is 1. The maximum atomic E-state index is 5.78. The van der Waals surface area contributed by atoms with Crippen LogP contribution in [0.5, 0.6) is 5.75 Å². The van der Waals surface area contributed by atoms with Crippen molar-refractivity contribution in [2.24, 2.45) is 0 Å². The van der Waals surface area contributed by atoms with Gasteiger partial charge in [-0.15, -0.1) is 0 Å². The van der Waals surface area contributed by atoms with Gasteiger partial charge in [0.2, 0.25) is 0 Å². The molecule has 4 nitrogen and oxygen atoms in total. The fourth-order valence-electron chi connectivity index (χ4n) is 2.08. The topological polar surface area (TPSA) is 63.9 Å². The van der Waals surface area contributed by atoms with Crippen molar-refractivity contribution in [3.63, 3.8) is 0 Å². The Morgan fingerprint density at radius 3 is 2.85 bits per heavy atom. The lowest BCUT2D eigenvalue weighted by Crippen LogP contribution is -1.92. The van der Waals surface area contributed by atoms with Crippen LogP contribution in [-0.2, 0) is 0 Å². The molecule has 3 aromatic rings. The predicted octanol–water partition coefficient (Wildman–Crippen LogP) is 3.97. The van der Waals surface area contributed by atoms with Gasteiger partial charge in [-0.2, -0.15) is 0 Å². The Hall–Kier alpha value is -2.01. The highest BCUT2D eigenvalue weighted by atomic mass is 79.9. The second-order valence-electron chi connectivity index (χ2n) is 4.44. The van der Waals surface area contributed by atoms with Crippen molar-refractivity contribution in [2.45, 2.75) is 6.92 Å². The fourth-order valence-corrected chi connectivity index (χ4v) is 2.58. The number of aromatic amines is 1. The summed E-state index contributed by atoms with van der Waals surface area (Å²) in [6.07, 6.45) is 0. The van der Waals surface area contributed by atoms with Crippen molar-refractivity contribution in [3.05, 3.63) is 40.9 Å². The summed E-state index contributed by atoms with van der Waals surface area (Å²) in [6, 6.07) is 11.6. The van der Waals surface area contributed by atoms with E-state index in [1.54, 1.807) is 0 Å². The molecule has 3 N–H and O–H groups in total. The summed E-state index contributed by atoms with van der Waals surface area (Å²) in [7, 11) is 0. The minimum Gasteiger partial charge on any atom is -0.493 e. The lowest BCUT2D eigenvalue weighted by atomic mass is 10.2. The van der Waals surface area contributed by atoms with Crippen LogP contribution in [0.25, 0.3) is 22.4 Å². The minimum atomic E-state index is 0.641. The van der Waals surface area contributed by atoms with E-state index in [0.29, 0.717) is 6.61 Å². The van der Waals surface area contributed by atoms with Gasteiger partial charge in [-0.05, 0) is 59.3 Å². The number of halogens is 1. The third-order valence-electron chi connectivity index (χ3n) is 3.01. The Labute approximate surface area is 125 Å². The average molecular weight is 332 g/mol. The van der Waals surface area contributed by atoms with E-state index in [-0.39, 0.29) is 0 Å². The zero-order valence-electron chi connectivity index (χ0n) is 11.0. The summed E-state index contributed by atoms with van der Waals surface area (Å²) >= 11 is 3.51. The van der Waals surface area contributed by atoms with E-state index >= 15 is 0 Å². The summed E-state index contributed by atoms with van der Waals surface area (Å²) in [6.45, 7) is 2.60. The molecule has 102 valence electrons. The number of rotatable bonds is 3. The molecule has 0 spiro atoms. The molecule has 20 heavy (non-hydrogen) atoms. The van der Waals surface area contributed by atoms with Crippen LogP contribution < -0.4 is 10.5 Å². The third kappa shape index (κ3) is 2.36. The largest absolute Gasteiger partial charge is 0.493 e. The van der Waals surface area contributed by atoms with Gasteiger partial charge in [0.15, 0.2) is 0 Å². The number of aromatic nitrogens is 2. The molecule has 0 aliphatic carbocycles. The smallest absolute Gasteiger partial charge is 0.138 e. The number of ether oxygens (including phenoxy) is 1. The number of anilines is 1. The maximum Gasteiger partial charge on any atom is 0.138 e. The molecule has 0 unspecified atom stereocenters. The van der Waals surface area contributed by atoms with Gasteiger partial charge in [0, 0.05) is 11.3 Å².